The highest BCUT2D eigenvalue weighted by Gasteiger charge is 2.18. The van der Waals surface area contributed by atoms with Crippen LogP contribution in [0.25, 0.3) is 0 Å². The molecule has 2 aromatic carbocycles. The van der Waals surface area contributed by atoms with E-state index in [1.807, 2.05) is 0 Å². The van der Waals surface area contributed by atoms with Crippen LogP contribution in [0.5, 0.6) is 5.75 Å². The Morgan fingerprint density at radius 2 is 2.09 bits per heavy atom. The molecule has 22 heavy (non-hydrogen) atoms. The predicted molar refractivity (Wildman–Crippen MR) is 79.9 cm³/mol. The van der Waals surface area contributed by atoms with Crippen LogP contribution in [0.15, 0.2) is 36.4 Å². The predicted octanol–water partition coefficient (Wildman–Crippen LogP) is 3.06. The minimum Gasteiger partial charge on any atom is -0.482 e. The third-order valence-corrected chi connectivity index (χ3v) is 3.34. The smallest absolute Gasteiger partial charge is 0.262 e. The Labute approximate surface area is 130 Å². The van der Waals surface area contributed by atoms with Crippen molar-refractivity contribution in [2.45, 2.75) is 0 Å². The number of fused-ring (bicyclic) bond motifs is 1. The molecule has 0 atom stereocenters. The summed E-state index contributed by atoms with van der Waals surface area (Å²) < 4.78 is 18.3. The molecule has 0 fully saturated rings. The number of carbonyl (C=O) groups excluding carboxylic acids is 2. The van der Waals surface area contributed by atoms with Gasteiger partial charge < -0.3 is 15.4 Å². The number of halogens is 2. The Morgan fingerprint density at radius 3 is 2.86 bits per heavy atom. The van der Waals surface area contributed by atoms with Crippen LogP contribution < -0.4 is 15.4 Å². The Kier molecular flexibility index (Phi) is 3.68. The first-order valence-corrected chi connectivity index (χ1v) is 6.74. The van der Waals surface area contributed by atoms with Gasteiger partial charge in [0.25, 0.3) is 11.8 Å². The Balaban J connectivity index is 1.81. The molecule has 0 unspecified atom stereocenters. The maximum Gasteiger partial charge on any atom is 0.262 e. The molecule has 1 aliphatic rings. The molecule has 3 rings (SSSR count). The summed E-state index contributed by atoms with van der Waals surface area (Å²) in [4.78, 5) is 23.5. The fraction of sp³-hybridized carbons (Fsp3) is 0.0667. The van der Waals surface area contributed by atoms with E-state index in [0.717, 1.165) is 0 Å². The van der Waals surface area contributed by atoms with Gasteiger partial charge in [0.15, 0.2) is 6.61 Å². The summed E-state index contributed by atoms with van der Waals surface area (Å²) in [5.74, 6) is -0.755. The maximum absolute atomic E-state index is 13.1. The largest absolute Gasteiger partial charge is 0.482 e. The summed E-state index contributed by atoms with van der Waals surface area (Å²) in [6, 6.07) is 8.56. The highest BCUT2D eigenvalue weighted by molar-refractivity contribution is 6.31. The molecule has 2 amide bonds. The monoisotopic (exact) mass is 320 g/mol. The number of hydrogen-bond acceptors (Lipinski definition) is 3. The quantitative estimate of drug-likeness (QED) is 0.893. The van der Waals surface area contributed by atoms with E-state index in [-0.39, 0.29) is 17.5 Å². The zero-order valence-corrected chi connectivity index (χ0v) is 11.9. The summed E-state index contributed by atoms with van der Waals surface area (Å²) in [6.07, 6.45) is 0. The summed E-state index contributed by atoms with van der Waals surface area (Å²) in [5, 5.41) is 5.14. The summed E-state index contributed by atoms with van der Waals surface area (Å²) in [7, 11) is 0. The van der Waals surface area contributed by atoms with Crippen molar-refractivity contribution < 1.29 is 18.7 Å². The van der Waals surface area contributed by atoms with Gasteiger partial charge in [-0.1, -0.05) is 11.6 Å². The third kappa shape index (κ3) is 2.87. The highest BCUT2D eigenvalue weighted by atomic mass is 35.5. The van der Waals surface area contributed by atoms with Crippen molar-refractivity contribution in [2.24, 2.45) is 0 Å². The van der Waals surface area contributed by atoms with Crippen LogP contribution in [0.1, 0.15) is 10.4 Å². The van der Waals surface area contributed by atoms with Gasteiger partial charge in [-0.2, -0.15) is 0 Å². The molecule has 0 spiro atoms. The Morgan fingerprint density at radius 1 is 1.27 bits per heavy atom. The van der Waals surface area contributed by atoms with Crippen molar-refractivity contribution in [3.63, 3.8) is 0 Å². The summed E-state index contributed by atoms with van der Waals surface area (Å²) in [6.45, 7) is -0.0490. The average molecular weight is 321 g/mol. The van der Waals surface area contributed by atoms with E-state index in [2.05, 4.69) is 10.6 Å². The minimum atomic E-state index is -0.562. The molecule has 5 nitrogen and oxygen atoms in total. The average Bonchev–Trinajstić information content (AvgIpc) is 2.50. The highest BCUT2D eigenvalue weighted by Crippen LogP contribution is 2.29. The molecule has 0 aromatic heterocycles. The van der Waals surface area contributed by atoms with Gasteiger partial charge in [-0.25, -0.2) is 4.39 Å². The second kappa shape index (κ2) is 5.65. The van der Waals surface area contributed by atoms with Gasteiger partial charge in [-0.05, 0) is 36.4 Å². The van der Waals surface area contributed by atoms with E-state index in [1.165, 1.54) is 24.3 Å². The molecular formula is C15H10ClFN2O3. The zero-order valence-electron chi connectivity index (χ0n) is 11.2. The molecule has 1 heterocycles. The summed E-state index contributed by atoms with van der Waals surface area (Å²) >= 11 is 5.66. The number of hydrogen-bond donors (Lipinski definition) is 2. The zero-order chi connectivity index (χ0) is 15.7. The fourth-order valence-electron chi connectivity index (χ4n) is 2.00. The topological polar surface area (TPSA) is 67.4 Å². The van der Waals surface area contributed by atoms with Gasteiger partial charge >= 0.3 is 0 Å². The molecule has 0 saturated carbocycles. The molecular weight excluding hydrogens is 311 g/mol. The SMILES string of the molecule is O=C1COc2ccc(C(=O)Nc3ccc(F)c(Cl)c3)cc2N1. The van der Waals surface area contributed by atoms with Gasteiger partial charge in [0.2, 0.25) is 0 Å². The molecule has 112 valence electrons. The van der Waals surface area contributed by atoms with Crippen molar-refractivity contribution >= 4 is 34.8 Å². The van der Waals surface area contributed by atoms with Gasteiger partial charge in [-0.3, -0.25) is 9.59 Å². The number of amides is 2. The van der Waals surface area contributed by atoms with E-state index in [4.69, 9.17) is 16.3 Å². The maximum atomic E-state index is 13.1. The first-order valence-electron chi connectivity index (χ1n) is 6.36. The standard InChI is InChI=1S/C15H10ClFN2O3/c16-10-6-9(2-3-11(10)17)18-15(21)8-1-4-13-12(5-8)19-14(20)7-22-13/h1-6H,7H2,(H,18,21)(H,19,20). The van der Waals surface area contributed by atoms with Gasteiger partial charge in [0.1, 0.15) is 11.6 Å². The lowest BCUT2D eigenvalue weighted by Gasteiger charge is -2.18. The molecule has 0 radical (unpaired) electrons. The second-order valence-corrected chi connectivity index (χ2v) is 5.04. The van der Waals surface area contributed by atoms with Gasteiger partial charge in [-0.15, -0.1) is 0 Å². The van der Waals surface area contributed by atoms with Crippen molar-refractivity contribution in [3.8, 4) is 5.75 Å². The molecule has 0 bridgehead atoms. The van der Waals surface area contributed by atoms with Crippen molar-refractivity contribution in [1.82, 2.24) is 0 Å². The number of benzene rings is 2. The Hall–Kier alpha value is -2.60. The first kappa shape index (κ1) is 14.3. The van der Waals surface area contributed by atoms with E-state index in [9.17, 15) is 14.0 Å². The lowest BCUT2D eigenvalue weighted by atomic mass is 10.1. The van der Waals surface area contributed by atoms with E-state index >= 15 is 0 Å². The minimum absolute atomic E-state index is 0.0490. The fourth-order valence-corrected chi connectivity index (χ4v) is 2.18. The van der Waals surface area contributed by atoms with E-state index in [0.29, 0.717) is 22.7 Å². The third-order valence-electron chi connectivity index (χ3n) is 3.05. The molecule has 1 aliphatic heterocycles. The number of ether oxygens (including phenoxy) is 1. The van der Waals surface area contributed by atoms with Crippen LogP contribution in [-0.4, -0.2) is 18.4 Å². The molecule has 7 heteroatoms. The molecule has 0 aliphatic carbocycles. The van der Waals surface area contributed by atoms with Crippen LogP contribution in [0, 0.1) is 5.82 Å². The number of anilines is 2. The second-order valence-electron chi connectivity index (χ2n) is 4.63. The number of carbonyl (C=O) groups is 2. The summed E-state index contributed by atoms with van der Waals surface area (Å²) in [5.41, 5.74) is 1.13. The molecule has 0 saturated heterocycles. The van der Waals surface area contributed by atoms with E-state index in [1.54, 1.807) is 12.1 Å². The van der Waals surface area contributed by atoms with Crippen molar-refractivity contribution in [2.75, 3.05) is 17.2 Å². The van der Waals surface area contributed by atoms with Crippen LogP contribution in [0.2, 0.25) is 5.02 Å². The molecule has 2 aromatic rings. The molecule has 2 N–H and O–H groups in total. The Bertz CT molecular complexity index is 779. The lowest BCUT2D eigenvalue weighted by Crippen LogP contribution is -2.25. The van der Waals surface area contributed by atoms with Crippen LogP contribution in [0.4, 0.5) is 15.8 Å². The first-order chi connectivity index (χ1) is 10.5. The van der Waals surface area contributed by atoms with Crippen LogP contribution in [0.3, 0.4) is 0 Å². The normalized spacial score (nSPS) is 12.9. The number of nitrogens with one attached hydrogen (secondary N) is 2. The van der Waals surface area contributed by atoms with Gasteiger partial charge in [0, 0.05) is 11.3 Å². The lowest BCUT2D eigenvalue weighted by molar-refractivity contribution is -0.118. The van der Waals surface area contributed by atoms with Crippen LogP contribution >= 0.6 is 11.6 Å². The van der Waals surface area contributed by atoms with Gasteiger partial charge in [0.05, 0.1) is 10.7 Å². The number of rotatable bonds is 2. The van der Waals surface area contributed by atoms with E-state index < -0.39 is 11.7 Å². The van der Waals surface area contributed by atoms with Crippen LogP contribution in [-0.2, 0) is 4.79 Å². The van der Waals surface area contributed by atoms with Crippen molar-refractivity contribution in [3.05, 3.63) is 52.8 Å². The van der Waals surface area contributed by atoms with Crippen molar-refractivity contribution in [1.29, 1.82) is 0 Å².